The number of hydrogen-bond donors (Lipinski definition) is 2. The third kappa shape index (κ3) is 5.79. The SMILES string of the molecule is Cn1c(=O)cc(N2CCCC(N)C2)n(Cc2ccccc2C#N)c1=O.O=C(O)c1ccccc1. The molecule has 0 saturated carbocycles. The van der Waals surface area contributed by atoms with Crippen molar-refractivity contribution in [2.24, 2.45) is 12.8 Å². The van der Waals surface area contributed by atoms with Crippen LogP contribution in [0, 0.1) is 11.3 Å². The number of nitrogens with two attached hydrogens (primary N) is 1. The van der Waals surface area contributed by atoms with Crippen LogP contribution in [0.4, 0.5) is 5.82 Å². The van der Waals surface area contributed by atoms with Gasteiger partial charge in [0.15, 0.2) is 0 Å². The number of rotatable bonds is 4. The summed E-state index contributed by atoms with van der Waals surface area (Å²) >= 11 is 0. The van der Waals surface area contributed by atoms with Crippen LogP contribution in [0.3, 0.4) is 0 Å². The number of aromatic nitrogens is 2. The van der Waals surface area contributed by atoms with Crippen LogP contribution in [0.1, 0.15) is 34.3 Å². The molecule has 0 radical (unpaired) electrons. The van der Waals surface area contributed by atoms with Crippen molar-refractivity contribution in [3.05, 3.63) is 98.2 Å². The van der Waals surface area contributed by atoms with E-state index in [0.29, 0.717) is 23.5 Å². The van der Waals surface area contributed by atoms with Crippen LogP contribution in [-0.2, 0) is 13.6 Å². The summed E-state index contributed by atoms with van der Waals surface area (Å²) in [6, 6.07) is 19.1. The molecule has 2 aromatic carbocycles. The standard InChI is InChI=1S/C18H21N5O2.C7H6O2/c1-21-17(24)9-16(22-8-4-7-15(20)12-22)23(18(21)25)11-14-6-3-2-5-13(14)10-19;8-7(9)6-4-2-1-3-5-6/h2-3,5-6,9,15H,4,7-8,11-12,20H2,1H3;1-5H,(H,8,9). The summed E-state index contributed by atoms with van der Waals surface area (Å²) in [7, 11) is 1.46. The van der Waals surface area contributed by atoms with E-state index in [1.807, 2.05) is 17.0 Å². The molecule has 1 unspecified atom stereocenters. The maximum atomic E-state index is 12.7. The van der Waals surface area contributed by atoms with Gasteiger partial charge in [0.25, 0.3) is 5.56 Å². The smallest absolute Gasteiger partial charge is 0.335 e. The Kier molecular flexibility index (Phi) is 8.01. The van der Waals surface area contributed by atoms with Crippen molar-refractivity contribution in [2.45, 2.75) is 25.4 Å². The second-order valence-electron chi connectivity index (χ2n) is 8.06. The van der Waals surface area contributed by atoms with Crippen molar-refractivity contribution in [3.8, 4) is 6.07 Å². The minimum atomic E-state index is -0.879. The number of nitrogens with zero attached hydrogens (tertiary/aromatic N) is 4. The normalized spacial score (nSPS) is 15.1. The minimum absolute atomic E-state index is 0.0211. The van der Waals surface area contributed by atoms with E-state index in [0.717, 1.165) is 29.5 Å². The van der Waals surface area contributed by atoms with Crippen LogP contribution in [0.2, 0.25) is 0 Å². The number of carbonyl (C=O) groups is 1. The highest BCUT2D eigenvalue weighted by atomic mass is 16.4. The summed E-state index contributed by atoms with van der Waals surface area (Å²) in [6.45, 7) is 1.59. The fourth-order valence-corrected chi connectivity index (χ4v) is 3.81. The Morgan fingerprint density at radius 2 is 1.82 bits per heavy atom. The van der Waals surface area contributed by atoms with Gasteiger partial charge in [0.05, 0.1) is 23.7 Å². The molecule has 3 aromatic rings. The summed E-state index contributed by atoms with van der Waals surface area (Å²) in [5.74, 6) is -0.313. The first-order valence-corrected chi connectivity index (χ1v) is 10.9. The lowest BCUT2D eigenvalue weighted by Gasteiger charge is -2.34. The molecule has 9 nitrogen and oxygen atoms in total. The quantitative estimate of drug-likeness (QED) is 0.605. The summed E-state index contributed by atoms with van der Waals surface area (Å²) in [5, 5.41) is 17.7. The van der Waals surface area contributed by atoms with E-state index in [9.17, 15) is 19.6 Å². The number of carboxylic acids is 1. The summed E-state index contributed by atoms with van der Waals surface area (Å²) in [4.78, 5) is 37.1. The molecule has 0 amide bonds. The number of aromatic carboxylic acids is 1. The highest BCUT2D eigenvalue weighted by Gasteiger charge is 2.22. The van der Waals surface area contributed by atoms with Crippen molar-refractivity contribution >= 4 is 11.8 Å². The van der Waals surface area contributed by atoms with Crippen LogP contribution < -0.4 is 21.9 Å². The average molecular weight is 462 g/mol. The first-order chi connectivity index (χ1) is 16.3. The Bertz CT molecular complexity index is 1310. The molecule has 34 heavy (non-hydrogen) atoms. The number of piperidine rings is 1. The minimum Gasteiger partial charge on any atom is -0.478 e. The van der Waals surface area contributed by atoms with Crippen molar-refractivity contribution in [1.29, 1.82) is 5.26 Å². The molecule has 176 valence electrons. The molecule has 1 fully saturated rings. The molecular weight excluding hydrogens is 434 g/mol. The lowest BCUT2D eigenvalue weighted by molar-refractivity contribution is 0.0697. The second-order valence-corrected chi connectivity index (χ2v) is 8.06. The molecule has 1 aliphatic heterocycles. The highest BCUT2D eigenvalue weighted by Crippen LogP contribution is 2.19. The van der Waals surface area contributed by atoms with Crippen molar-refractivity contribution in [1.82, 2.24) is 9.13 Å². The van der Waals surface area contributed by atoms with Crippen molar-refractivity contribution < 1.29 is 9.90 Å². The van der Waals surface area contributed by atoms with Gasteiger partial charge in [0.1, 0.15) is 5.82 Å². The first kappa shape index (κ1) is 24.5. The second kappa shape index (κ2) is 11.1. The molecule has 0 bridgehead atoms. The number of carboxylic acid groups (broad SMARTS) is 1. The predicted molar refractivity (Wildman–Crippen MR) is 129 cm³/mol. The maximum absolute atomic E-state index is 12.7. The van der Waals surface area contributed by atoms with Gasteiger partial charge < -0.3 is 15.7 Å². The number of anilines is 1. The van der Waals surface area contributed by atoms with Gasteiger partial charge in [-0.15, -0.1) is 0 Å². The predicted octanol–water partition coefficient (Wildman–Crippen LogP) is 1.78. The van der Waals surface area contributed by atoms with E-state index < -0.39 is 11.7 Å². The van der Waals surface area contributed by atoms with Gasteiger partial charge in [-0.2, -0.15) is 5.26 Å². The van der Waals surface area contributed by atoms with Crippen LogP contribution >= 0.6 is 0 Å². The maximum Gasteiger partial charge on any atom is 0.335 e. The van der Waals surface area contributed by atoms with Crippen LogP contribution in [0.5, 0.6) is 0 Å². The molecule has 1 aliphatic rings. The lowest BCUT2D eigenvalue weighted by atomic mass is 10.1. The van der Waals surface area contributed by atoms with Gasteiger partial charge in [-0.05, 0) is 36.6 Å². The largest absolute Gasteiger partial charge is 0.478 e. The molecule has 9 heteroatoms. The number of benzene rings is 2. The third-order valence-corrected chi connectivity index (χ3v) is 5.65. The fourth-order valence-electron chi connectivity index (χ4n) is 3.81. The Morgan fingerprint density at radius 3 is 2.44 bits per heavy atom. The van der Waals surface area contributed by atoms with Gasteiger partial charge in [-0.3, -0.25) is 13.9 Å². The van der Waals surface area contributed by atoms with E-state index in [2.05, 4.69) is 6.07 Å². The Labute approximate surface area is 196 Å². The molecule has 3 N–H and O–H groups in total. The molecule has 1 aromatic heterocycles. The topological polar surface area (TPSA) is 134 Å². The van der Waals surface area contributed by atoms with E-state index in [1.165, 1.54) is 13.1 Å². The summed E-state index contributed by atoms with van der Waals surface area (Å²) < 4.78 is 2.64. The molecule has 1 atom stereocenters. The fraction of sp³-hybridized carbons (Fsp3) is 0.280. The van der Waals surface area contributed by atoms with Gasteiger partial charge >= 0.3 is 11.7 Å². The van der Waals surface area contributed by atoms with Crippen LogP contribution in [0.15, 0.2) is 70.3 Å². The van der Waals surface area contributed by atoms with E-state index >= 15 is 0 Å². The third-order valence-electron chi connectivity index (χ3n) is 5.65. The van der Waals surface area contributed by atoms with Crippen LogP contribution in [-0.4, -0.2) is 39.3 Å². The zero-order valence-corrected chi connectivity index (χ0v) is 18.9. The van der Waals surface area contributed by atoms with Crippen molar-refractivity contribution in [3.63, 3.8) is 0 Å². The number of nitriles is 1. The van der Waals surface area contributed by atoms with Gasteiger partial charge in [-0.1, -0.05) is 36.4 Å². The van der Waals surface area contributed by atoms with Crippen molar-refractivity contribution in [2.75, 3.05) is 18.0 Å². The average Bonchev–Trinajstić information content (AvgIpc) is 2.85. The zero-order valence-electron chi connectivity index (χ0n) is 18.9. The summed E-state index contributed by atoms with van der Waals surface area (Å²) in [5.41, 5.74) is 6.92. The first-order valence-electron chi connectivity index (χ1n) is 10.9. The monoisotopic (exact) mass is 461 g/mol. The van der Waals surface area contributed by atoms with E-state index in [1.54, 1.807) is 47.0 Å². The van der Waals surface area contributed by atoms with E-state index in [-0.39, 0.29) is 18.1 Å². The van der Waals surface area contributed by atoms with Gasteiger partial charge in [0, 0.05) is 32.2 Å². The Hall–Kier alpha value is -4.16. The molecule has 2 heterocycles. The molecule has 0 spiro atoms. The van der Waals surface area contributed by atoms with Gasteiger partial charge in [-0.25, -0.2) is 9.59 Å². The van der Waals surface area contributed by atoms with E-state index in [4.69, 9.17) is 10.8 Å². The molecule has 0 aliphatic carbocycles. The lowest BCUT2D eigenvalue weighted by Crippen LogP contribution is -2.47. The zero-order chi connectivity index (χ0) is 24.7. The number of hydrogen-bond acceptors (Lipinski definition) is 6. The molecule has 1 saturated heterocycles. The summed E-state index contributed by atoms with van der Waals surface area (Å²) in [6.07, 6.45) is 1.85. The highest BCUT2D eigenvalue weighted by molar-refractivity contribution is 5.87. The Morgan fingerprint density at radius 1 is 1.15 bits per heavy atom. The van der Waals surface area contributed by atoms with Crippen LogP contribution in [0.25, 0.3) is 0 Å². The molecule has 4 rings (SSSR count). The van der Waals surface area contributed by atoms with Gasteiger partial charge in [0.2, 0.25) is 0 Å². The Balaban J connectivity index is 0.000000302. The molecular formula is C25H27N5O4.